The average Bonchev–Trinajstić information content (AvgIpc) is 2.78. The van der Waals surface area contributed by atoms with E-state index in [1.807, 2.05) is 17.9 Å². The number of halogens is 1. The molecule has 1 N–H and O–H groups in total. The third kappa shape index (κ3) is 4.79. The van der Waals surface area contributed by atoms with Gasteiger partial charge in [-0.05, 0) is 36.4 Å². The zero-order valence-electron chi connectivity index (χ0n) is 17.4. The van der Waals surface area contributed by atoms with Crippen LogP contribution in [0, 0.1) is 0 Å². The van der Waals surface area contributed by atoms with E-state index in [9.17, 15) is 9.59 Å². The minimum atomic E-state index is -0.278. The van der Waals surface area contributed by atoms with Crippen LogP contribution >= 0.6 is 11.6 Å². The van der Waals surface area contributed by atoms with E-state index in [-0.39, 0.29) is 11.8 Å². The normalized spacial score (nSPS) is 13.7. The number of rotatable bonds is 6. The summed E-state index contributed by atoms with van der Waals surface area (Å²) < 4.78 is 10.5. The van der Waals surface area contributed by atoms with Crippen molar-refractivity contribution in [3.8, 4) is 11.5 Å². The van der Waals surface area contributed by atoms with E-state index < -0.39 is 0 Å². The third-order valence-electron chi connectivity index (χ3n) is 5.13. The maximum absolute atomic E-state index is 12.9. The van der Waals surface area contributed by atoms with Crippen LogP contribution in [0.1, 0.15) is 23.7 Å². The van der Waals surface area contributed by atoms with Gasteiger partial charge in [0.15, 0.2) is 11.5 Å². The molecular formula is C22H26ClN3O4. The molecule has 2 aromatic rings. The fourth-order valence-corrected chi connectivity index (χ4v) is 3.65. The highest BCUT2D eigenvalue weighted by molar-refractivity contribution is 6.31. The van der Waals surface area contributed by atoms with Crippen LogP contribution in [0.5, 0.6) is 11.5 Å². The largest absolute Gasteiger partial charge is 0.493 e. The van der Waals surface area contributed by atoms with Gasteiger partial charge in [-0.3, -0.25) is 9.59 Å². The van der Waals surface area contributed by atoms with Gasteiger partial charge < -0.3 is 24.6 Å². The minimum absolute atomic E-state index is 0.160. The second-order valence-corrected chi connectivity index (χ2v) is 7.34. The molecule has 1 fully saturated rings. The predicted octanol–water partition coefficient (Wildman–Crippen LogP) is 3.67. The Morgan fingerprint density at radius 1 is 1.00 bits per heavy atom. The summed E-state index contributed by atoms with van der Waals surface area (Å²) in [5.74, 6) is 0.914. The Morgan fingerprint density at radius 2 is 1.70 bits per heavy atom. The number of nitrogens with zero attached hydrogens (tertiary/aromatic N) is 2. The van der Waals surface area contributed by atoms with Gasteiger partial charge in [-0.25, -0.2) is 0 Å². The zero-order chi connectivity index (χ0) is 21.7. The first-order valence-electron chi connectivity index (χ1n) is 9.82. The second-order valence-electron chi connectivity index (χ2n) is 6.91. The lowest BCUT2D eigenvalue weighted by molar-refractivity contribution is -0.131. The Morgan fingerprint density at radius 3 is 2.33 bits per heavy atom. The molecule has 2 aromatic carbocycles. The van der Waals surface area contributed by atoms with E-state index in [1.165, 1.54) is 7.11 Å². The molecule has 0 aromatic heterocycles. The molecule has 0 radical (unpaired) electrons. The van der Waals surface area contributed by atoms with Gasteiger partial charge in [0.25, 0.3) is 5.91 Å². The Labute approximate surface area is 181 Å². The third-order valence-corrected chi connectivity index (χ3v) is 5.36. The van der Waals surface area contributed by atoms with Crippen molar-refractivity contribution < 1.29 is 19.1 Å². The predicted molar refractivity (Wildman–Crippen MR) is 118 cm³/mol. The number of hydrogen-bond donors (Lipinski definition) is 1. The second kappa shape index (κ2) is 9.71. The number of piperazine rings is 1. The van der Waals surface area contributed by atoms with Crippen molar-refractivity contribution >= 4 is 34.8 Å². The summed E-state index contributed by atoms with van der Waals surface area (Å²) in [6.45, 7) is 4.55. The smallest absolute Gasteiger partial charge is 0.255 e. The van der Waals surface area contributed by atoms with E-state index in [0.29, 0.717) is 60.4 Å². The fourth-order valence-electron chi connectivity index (χ4n) is 3.48. The van der Waals surface area contributed by atoms with Gasteiger partial charge in [-0.1, -0.05) is 18.5 Å². The number of carbonyl (C=O) groups is 2. The van der Waals surface area contributed by atoms with Gasteiger partial charge in [0, 0.05) is 43.2 Å². The monoisotopic (exact) mass is 431 g/mol. The molecule has 3 rings (SSSR count). The number of nitrogens with one attached hydrogen (secondary N) is 1. The van der Waals surface area contributed by atoms with Crippen LogP contribution in [0.3, 0.4) is 0 Å². The first-order chi connectivity index (χ1) is 14.5. The van der Waals surface area contributed by atoms with Gasteiger partial charge in [-0.2, -0.15) is 0 Å². The lowest BCUT2D eigenvalue weighted by Crippen LogP contribution is -2.48. The quantitative estimate of drug-likeness (QED) is 0.755. The maximum atomic E-state index is 12.9. The molecule has 1 saturated heterocycles. The molecule has 2 amide bonds. The van der Waals surface area contributed by atoms with Crippen molar-refractivity contribution in [3.63, 3.8) is 0 Å². The highest BCUT2D eigenvalue weighted by Gasteiger charge is 2.22. The summed E-state index contributed by atoms with van der Waals surface area (Å²) in [4.78, 5) is 28.8. The van der Waals surface area contributed by atoms with Crippen molar-refractivity contribution in [2.24, 2.45) is 0 Å². The molecule has 1 heterocycles. The Bertz CT molecular complexity index is 927. The van der Waals surface area contributed by atoms with E-state index in [4.69, 9.17) is 21.1 Å². The summed E-state index contributed by atoms with van der Waals surface area (Å²) >= 11 is 6.20. The number of benzene rings is 2. The van der Waals surface area contributed by atoms with Crippen LogP contribution in [0.4, 0.5) is 11.4 Å². The Kier molecular flexibility index (Phi) is 7.05. The molecule has 1 aliphatic heterocycles. The number of carbonyl (C=O) groups excluding carboxylic acids is 2. The van der Waals surface area contributed by atoms with Crippen LogP contribution in [-0.2, 0) is 4.79 Å². The van der Waals surface area contributed by atoms with Crippen LogP contribution in [0.25, 0.3) is 0 Å². The maximum Gasteiger partial charge on any atom is 0.255 e. The van der Waals surface area contributed by atoms with Crippen LogP contribution in [-0.4, -0.2) is 57.1 Å². The molecule has 7 nitrogen and oxygen atoms in total. The van der Waals surface area contributed by atoms with Crippen LogP contribution < -0.4 is 19.7 Å². The molecule has 0 bridgehead atoms. The molecule has 1 aliphatic rings. The number of anilines is 2. The SMILES string of the molecule is CCC(=O)N1CCN(c2ccc(Cl)cc2NC(=O)c2ccc(OC)c(OC)c2)CC1. The molecule has 8 heteroatoms. The molecule has 30 heavy (non-hydrogen) atoms. The van der Waals surface area contributed by atoms with Crippen molar-refractivity contribution in [2.75, 3.05) is 50.6 Å². The van der Waals surface area contributed by atoms with Crippen LogP contribution in [0.15, 0.2) is 36.4 Å². The van der Waals surface area contributed by atoms with Crippen molar-refractivity contribution in [1.82, 2.24) is 4.90 Å². The number of ether oxygens (including phenoxy) is 2. The first kappa shape index (κ1) is 21.8. The summed E-state index contributed by atoms with van der Waals surface area (Å²) in [5, 5.41) is 3.49. The van der Waals surface area contributed by atoms with Crippen LogP contribution in [0.2, 0.25) is 5.02 Å². The molecule has 0 unspecified atom stereocenters. The molecular weight excluding hydrogens is 406 g/mol. The van der Waals surface area contributed by atoms with Gasteiger partial charge in [-0.15, -0.1) is 0 Å². The number of amides is 2. The molecule has 0 atom stereocenters. The lowest BCUT2D eigenvalue weighted by Gasteiger charge is -2.37. The summed E-state index contributed by atoms with van der Waals surface area (Å²) in [6.07, 6.45) is 0.508. The highest BCUT2D eigenvalue weighted by Crippen LogP contribution is 2.32. The van der Waals surface area contributed by atoms with E-state index in [0.717, 1.165) is 5.69 Å². The summed E-state index contributed by atoms with van der Waals surface area (Å²) in [7, 11) is 3.07. The fraction of sp³-hybridized carbons (Fsp3) is 0.364. The lowest BCUT2D eigenvalue weighted by atomic mass is 10.1. The molecule has 0 saturated carbocycles. The van der Waals surface area contributed by atoms with E-state index in [2.05, 4.69) is 10.2 Å². The summed E-state index contributed by atoms with van der Waals surface area (Å²) in [6, 6.07) is 10.4. The standard InChI is InChI=1S/C22H26ClN3O4/c1-4-21(27)26-11-9-25(10-12-26)18-7-6-16(23)14-17(18)24-22(28)15-5-8-19(29-2)20(13-15)30-3/h5-8,13-14H,4,9-12H2,1-3H3,(H,24,28). The number of methoxy groups -OCH3 is 2. The average molecular weight is 432 g/mol. The van der Waals surface area contributed by atoms with Gasteiger partial charge >= 0.3 is 0 Å². The van der Waals surface area contributed by atoms with Crippen molar-refractivity contribution in [3.05, 3.63) is 47.0 Å². The highest BCUT2D eigenvalue weighted by atomic mass is 35.5. The topological polar surface area (TPSA) is 71.1 Å². The minimum Gasteiger partial charge on any atom is -0.493 e. The molecule has 0 aliphatic carbocycles. The molecule has 160 valence electrons. The van der Waals surface area contributed by atoms with Gasteiger partial charge in [0.1, 0.15) is 0 Å². The van der Waals surface area contributed by atoms with E-state index in [1.54, 1.807) is 37.4 Å². The first-order valence-corrected chi connectivity index (χ1v) is 10.2. The van der Waals surface area contributed by atoms with E-state index >= 15 is 0 Å². The summed E-state index contributed by atoms with van der Waals surface area (Å²) in [5.41, 5.74) is 1.94. The van der Waals surface area contributed by atoms with Gasteiger partial charge in [0.2, 0.25) is 5.91 Å². The van der Waals surface area contributed by atoms with Crippen molar-refractivity contribution in [2.45, 2.75) is 13.3 Å². The van der Waals surface area contributed by atoms with Gasteiger partial charge in [0.05, 0.1) is 25.6 Å². The zero-order valence-corrected chi connectivity index (χ0v) is 18.2. The Hall–Kier alpha value is -2.93. The number of hydrogen-bond acceptors (Lipinski definition) is 5. The van der Waals surface area contributed by atoms with Crippen molar-refractivity contribution in [1.29, 1.82) is 0 Å². The molecule has 0 spiro atoms. The Balaban J connectivity index is 1.79.